The number of ether oxygens (including phenoxy) is 2. The van der Waals surface area contributed by atoms with Crippen molar-refractivity contribution in [3.8, 4) is 0 Å². The average Bonchev–Trinajstić information content (AvgIpc) is 3.21. The summed E-state index contributed by atoms with van der Waals surface area (Å²) in [5.41, 5.74) is 0. The first-order chi connectivity index (χ1) is 28.1. The van der Waals surface area contributed by atoms with Gasteiger partial charge in [-0.2, -0.15) is 0 Å². The lowest BCUT2D eigenvalue weighted by molar-refractivity contribution is -0.161. The second-order valence-electron chi connectivity index (χ2n) is 15.4. The zero-order valence-electron chi connectivity index (χ0n) is 37.1. The molecule has 0 aromatic rings. The Balaban J connectivity index is 3.60. The van der Waals surface area contributed by atoms with Crippen molar-refractivity contribution in [1.82, 2.24) is 0 Å². The third-order valence-electron chi connectivity index (χ3n) is 9.92. The molecule has 1 unspecified atom stereocenters. The summed E-state index contributed by atoms with van der Waals surface area (Å²) in [4.78, 5) is 24.4. The van der Waals surface area contributed by atoms with E-state index in [1.54, 1.807) is 0 Å². The van der Waals surface area contributed by atoms with E-state index in [2.05, 4.69) is 98.9 Å². The summed E-state index contributed by atoms with van der Waals surface area (Å²) in [5, 5.41) is 9.61. The van der Waals surface area contributed by atoms with E-state index in [1.165, 1.54) is 103 Å². The zero-order chi connectivity index (χ0) is 41.4. The third-order valence-corrected chi connectivity index (χ3v) is 9.92. The molecule has 5 heteroatoms. The molecule has 326 valence electrons. The summed E-state index contributed by atoms with van der Waals surface area (Å²) in [6.07, 6.45) is 65.1. The van der Waals surface area contributed by atoms with Crippen LogP contribution in [0.1, 0.15) is 213 Å². The first kappa shape index (κ1) is 54.1. The molecule has 1 atom stereocenters. The summed E-state index contributed by atoms with van der Waals surface area (Å²) in [7, 11) is 0. The largest absolute Gasteiger partial charge is 0.462 e. The van der Waals surface area contributed by atoms with Crippen molar-refractivity contribution in [3.05, 3.63) is 85.1 Å². The number of rotatable bonds is 42. The summed E-state index contributed by atoms with van der Waals surface area (Å²) in [6, 6.07) is 0. The van der Waals surface area contributed by atoms with Gasteiger partial charge in [0.05, 0.1) is 6.61 Å². The molecule has 0 aliphatic carbocycles. The molecule has 57 heavy (non-hydrogen) atoms. The van der Waals surface area contributed by atoms with Gasteiger partial charge in [-0.1, -0.05) is 195 Å². The molecule has 0 aromatic heterocycles. The Morgan fingerprint density at radius 1 is 0.421 bits per heavy atom. The molecule has 0 aliphatic rings. The number of carbonyl (C=O) groups is 2. The number of esters is 2. The normalized spacial score (nSPS) is 13.0. The molecule has 0 rings (SSSR count). The number of hydrogen-bond donors (Lipinski definition) is 1. The number of aliphatic hydroxyl groups excluding tert-OH is 1. The Morgan fingerprint density at radius 3 is 1.16 bits per heavy atom. The van der Waals surface area contributed by atoms with Gasteiger partial charge in [0, 0.05) is 12.8 Å². The van der Waals surface area contributed by atoms with Gasteiger partial charge in [0.15, 0.2) is 6.10 Å². The van der Waals surface area contributed by atoms with Crippen LogP contribution in [0, 0.1) is 0 Å². The van der Waals surface area contributed by atoms with Gasteiger partial charge in [-0.25, -0.2) is 0 Å². The van der Waals surface area contributed by atoms with Crippen molar-refractivity contribution in [2.75, 3.05) is 13.2 Å². The standard InChI is InChI=1S/C52H88O5/c1-3-5-7-9-11-13-15-17-19-21-23-24-25-26-27-28-29-31-33-35-37-39-41-43-45-47-52(55)57-50(48-53)49-56-51(54)46-44-42-40-38-36-34-32-30-22-20-18-16-14-12-10-8-6-4-2/h5,7,11,13,17,19-20,22-24,26-27,29,31,50,53H,3-4,6,8-10,12,14-16,18,21,25,28,30,32-49H2,1-2H3/b7-5-,13-11-,19-17-,22-20-,24-23-,27-26-,31-29-. The fourth-order valence-corrected chi connectivity index (χ4v) is 6.38. The van der Waals surface area contributed by atoms with Gasteiger partial charge < -0.3 is 14.6 Å². The van der Waals surface area contributed by atoms with Crippen LogP contribution in [0.15, 0.2) is 85.1 Å². The highest BCUT2D eigenvalue weighted by Gasteiger charge is 2.16. The molecular weight excluding hydrogens is 705 g/mol. The van der Waals surface area contributed by atoms with Crippen LogP contribution in [0.25, 0.3) is 0 Å². The predicted molar refractivity (Wildman–Crippen MR) is 246 cm³/mol. The molecule has 0 aromatic carbocycles. The minimum atomic E-state index is -0.786. The topological polar surface area (TPSA) is 72.8 Å². The van der Waals surface area contributed by atoms with Crippen molar-refractivity contribution in [3.63, 3.8) is 0 Å². The highest BCUT2D eigenvalue weighted by atomic mass is 16.6. The quantitative estimate of drug-likeness (QED) is 0.0379. The SMILES string of the molecule is CC/C=C\C/C=C\C/C=C\C/C=C\C/C=C\C/C=C\CCCCCCCCC(=O)OC(CO)COC(=O)CCCCCCCCC/C=C\CCCCCCCCC. The van der Waals surface area contributed by atoms with E-state index in [1.807, 2.05) is 0 Å². The Bertz CT molecular complexity index is 1080. The van der Waals surface area contributed by atoms with Crippen LogP contribution in [-0.4, -0.2) is 36.4 Å². The number of hydrogen-bond acceptors (Lipinski definition) is 5. The molecule has 0 saturated heterocycles. The molecule has 0 saturated carbocycles. The molecule has 0 fully saturated rings. The second-order valence-corrected chi connectivity index (χ2v) is 15.4. The number of unbranched alkanes of at least 4 members (excludes halogenated alkanes) is 20. The van der Waals surface area contributed by atoms with E-state index in [0.717, 1.165) is 83.5 Å². The van der Waals surface area contributed by atoms with Crippen LogP contribution >= 0.6 is 0 Å². The molecule has 5 nitrogen and oxygen atoms in total. The Hall–Kier alpha value is -2.92. The van der Waals surface area contributed by atoms with Gasteiger partial charge in [0.1, 0.15) is 6.61 Å². The van der Waals surface area contributed by atoms with Crippen molar-refractivity contribution in [2.45, 2.75) is 219 Å². The van der Waals surface area contributed by atoms with Gasteiger partial charge in [-0.15, -0.1) is 0 Å². The first-order valence-corrected chi connectivity index (χ1v) is 23.6. The lowest BCUT2D eigenvalue weighted by Crippen LogP contribution is -2.28. The van der Waals surface area contributed by atoms with Crippen molar-refractivity contribution in [1.29, 1.82) is 0 Å². The summed E-state index contributed by atoms with van der Waals surface area (Å²) >= 11 is 0. The Morgan fingerprint density at radius 2 is 0.754 bits per heavy atom. The van der Waals surface area contributed by atoms with Crippen molar-refractivity contribution >= 4 is 11.9 Å². The Labute approximate surface area is 352 Å². The smallest absolute Gasteiger partial charge is 0.306 e. The molecule has 0 bridgehead atoms. The first-order valence-electron chi connectivity index (χ1n) is 23.6. The lowest BCUT2D eigenvalue weighted by atomic mass is 10.1. The maximum atomic E-state index is 12.2. The summed E-state index contributed by atoms with van der Waals surface area (Å²) < 4.78 is 10.6. The number of allylic oxidation sites excluding steroid dienone is 14. The van der Waals surface area contributed by atoms with E-state index in [9.17, 15) is 14.7 Å². The molecule has 0 radical (unpaired) electrons. The van der Waals surface area contributed by atoms with E-state index in [-0.39, 0.29) is 25.2 Å². The van der Waals surface area contributed by atoms with Crippen LogP contribution < -0.4 is 0 Å². The molecular formula is C52H88O5. The summed E-state index contributed by atoms with van der Waals surface area (Å²) in [5.74, 6) is -0.615. The van der Waals surface area contributed by atoms with Crippen LogP contribution in [-0.2, 0) is 19.1 Å². The van der Waals surface area contributed by atoms with Gasteiger partial charge in [-0.05, 0) is 89.9 Å². The summed E-state index contributed by atoms with van der Waals surface area (Å²) in [6.45, 7) is 4.01. The maximum Gasteiger partial charge on any atom is 0.306 e. The minimum Gasteiger partial charge on any atom is -0.462 e. The monoisotopic (exact) mass is 793 g/mol. The fourth-order valence-electron chi connectivity index (χ4n) is 6.38. The highest BCUT2D eigenvalue weighted by Crippen LogP contribution is 2.13. The minimum absolute atomic E-state index is 0.0780. The molecule has 0 amide bonds. The van der Waals surface area contributed by atoms with Crippen LogP contribution in [0.2, 0.25) is 0 Å². The van der Waals surface area contributed by atoms with E-state index in [4.69, 9.17) is 9.47 Å². The maximum absolute atomic E-state index is 12.2. The van der Waals surface area contributed by atoms with Crippen LogP contribution in [0.3, 0.4) is 0 Å². The van der Waals surface area contributed by atoms with Gasteiger partial charge >= 0.3 is 11.9 Å². The van der Waals surface area contributed by atoms with Gasteiger partial charge in [0.2, 0.25) is 0 Å². The van der Waals surface area contributed by atoms with Gasteiger partial charge in [-0.3, -0.25) is 9.59 Å². The molecule has 0 aliphatic heterocycles. The molecule has 0 spiro atoms. The van der Waals surface area contributed by atoms with Crippen molar-refractivity contribution < 1.29 is 24.2 Å². The lowest BCUT2D eigenvalue weighted by Gasteiger charge is -2.15. The molecule has 1 N–H and O–H groups in total. The zero-order valence-corrected chi connectivity index (χ0v) is 37.1. The fraction of sp³-hybridized carbons (Fsp3) is 0.692. The third kappa shape index (κ3) is 45.7. The number of carbonyl (C=O) groups excluding carboxylic acids is 2. The van der Waals surface area contributed by atoms with E-state index < -0.39 is 6.10 Å². The van der Waals surface area contributed by atoms with Crippen LogP contribution in [0.5, 0.6) is 0 Å². The average molecular weight is 793 g/mol. The highest BCUT2D eigenvalue weighted by molar-refractivity contribution is 5.70. The number of aliphatic hydroxyl groups is 1. The van der Waals surface area contributed by atoms with Gasteiger partial charge in [0.25, 0.3) is 0 Å². The van der Waals surface area contributed by atoms with E-state index >= 15 is 0 Å². The van der Waals surface area contributed by atoms with Crippen molar-refractivity contribution in [2.24, 2.45) is 0 Å². The predicted octanol–water partition coefficient (Wildman–Crippen LogP) is 15.5. The van der Waals surface area contributed by atoms with E-state index in [0.29, 0.717) is 12.8 Å². The Kier molecular flexibility index (Phi) is 45.0. The van der Waals surface area contributed by atoms with Crippen LogP contribution in [0.4, 0.5) is 0 Å². The molecule has 0 heterocycles. The second kappa shape index (κ2) is 47.5.